The van der Waals surface area contributed by atoms with Crippen molar-refractivity contribution in [3.8, 4) is 0 Å². The summed E-state index contributed by atoms with van der Waals surface area (Å²) in [7, 11) is 4.36. The molecular formula is C18H21Cl2N. The van der Waals surface area contributed by atoms with Crippen molar-refractivity contribution in [1.29, 1.82) is 0 Å². The van der Waals surface area contributed by atoms with E-state index in [4.69, 9.17) is 11.6 Å². The Labute approximate surface area is 138 Å². The Morgan fingerprint density at radius 1 is 1.00 bits per heavy atom. The predicted octanol–water partition coefficient (Wildman–Crippen LogP) is 4.77. The summed E-state index contributed by atoms with van der Waals surface area (Å²) in [6.45, 7) is 0. The van der Waals surface area contributed by atoms with Gasteiger partial charge in [-0.3, -0.25) is 0 Å². The van der Waals surface area contributed by atoms with Gasteiger partial charge in [0.25, 0.3) is 0 Å². The number of hydrogen-bond donors (Lipinski definition) is 0. The standard InChI is InChI=1S/C18H20ClN.ClH/c1-20(2)16-11-14-5-3-4-6-17(14)18(12-16)13-7-9-15(19)10-8-13;/h3-10,16,18H,11-12H2,1-2H3;1H/t16-,18-;/m1./s1. The maximum absolute atomic E-state index is 6.02. The van der Waals surface area contributed by atoms with Crippen LogP contribution in [0.15, 0.2) is 48.5 Å². The lowest BCUT2D eigenvalue weighted by Crippen LogP contribution is -2.35. The zero-order valence-corrected chi connectivity index (χ0v) is 14.0. The van der Waals surface area contributed by atoms with Crippen LogP contribution in [0, 0.1) is 0 Å². The van der Waals surface area contributed by atoms with Gasteiger partial charge in [0, 0.05) is 17.0 Å². The van der Waals surface area contributed by atoms with Crippen LogP contribution in [0.1, 0.15) is 29.0 Å². The molecule has 0 spiro atoms. The van der Waals surface area contributed by atoms with E-state index in [1.807, 2.05) is 12.1 Å². The Morgan fingerprint density at radius 3 is 2.33 bits per heavy atom. The molecule has 2 atom stereocenters. The van der Waals surface area contributed by atoms with Gasteiger partial charge in [0.2, 0.25) is 0 Å². The highest BCUT2D eigenvalue weighted by Gasteiger charge is 2.28. The minimum Gasteiger partial charge on any atom is -0.306 e. The fourth-order valence-electron chi connectivity index (χ4n) is 3.20. The molecular weight excluding hydrogens is 301 g/mol. The van der Waals surface area contributed by atoms with Crippen molar-refractivity contribution >= 4 is 24.0 Å². The van der Waals surface area contributed by atoms with Gasteiger partial charge in [0.1, 0.15) is 0 Å². The molecule has 0 saturated carbocycles. The van der Waals surface area contributed by atoms with E-state index in [1.165, 1.54) is 23.1 Å². The smallest absolute Gasteiger partial charge is 0.0406 e. The van der Waals surface area contributed by atoms with Crippen molar-refractivity contribution in [1.82, 2.24) is 4.90 Å². The molecule has 1 nitrogen and oxygen atoms in total. The lowest BCUT2D eigenvalue weighted by atomic mass is 9.76. The van der Waals surface area contributed by atoms with Gasteiger partial charge in [-0.05, 0) is 55.8 Å². The molecule has 2 aromatic rings. The lowest BCUT2D eigenvalue weighted by molar-refractivity contribution is 0.258. The second-order valence-corrected chi connectivity index (χ2v) is 6.30. The molecule has 0 fully saturated rings. The van der Waals surface area contributed by atoms with E-state index in [1.54, 1.807) is 0 Å². The predicted molar refractivity (Wildman–Crippen MR) is 92.8 cm³/mol. The highest BCUT2D eigenvalue weighted by molar-refractivity contribution is 6.30. The SMILES string of the molecule is CN(C)[C@@H]1Cc2ccccc2[C@@H](c2ccc(Cl)cc2)C1.Cl. The molecule has 0 N–H and O–H groups in total. The average molecular weight is 322 g/mol. The van der Waals surface area contributed by atoms with Gasteiger partial charge in [-0.1, -0.05) is 48.0 Å². The summed E-state index contributed by atoms with van der Waals surface area (Å²) in [5, 5.41) is 0.807. The highest BCUT2D eigenvalue weighted by atomic mass is 35.5. The van der Waals surface area contributed by atoms with E-state index in [2.05, 4.69) is 55.4 Å². The summed E-state index contributed by atoms with van der Waals surface area (Å²) in [5.74, 6) is 0.476. The molecule has 0 amide bonds. The molecule has 112 valence electrons. The van der Waals surface area contributed by atoms with Crippen molar-refractivity contribution in [2.24, 2.45) is 0 Å². The number of likely N-dealkylation sites (N-methyl/N-ethyl adjacent to an activating group) is 1. The number of nitrogens with zero attached hydrogens (tertiary/aromatic N) is 1. The van der Waals surface area contributed by atoms with E-state index in [9.17, 15) is 0 Å². The van der Waals surface area contributed by atoms with Gasteiger partial charge in [0.05, 0.1) is 0 Å². The Morgan fingerprint density at radius 2 is 1.67 bits per heavy atom. The van der Waals surface area contributed by atoms with Crippen LogP contribution in [0.3, 0.4) is 0 Å². The van der Waals surface area contributed by atoms with E-state index >= 15 is 0 Å². The third kappa shape index (κ3) is 3.42. The summed E-state index contributed by atoms with van der Waals surface area (Å²) < 4.78 is 0. The number of rotatable bonds is 2. The summed E-state index contributed by atoms with van der Waals surface area (Å²) in [6.07, 6.45) is 2.32. The van der Waals surface area contributed by atoms with E-state index in [0.29, 0.717) is 12.0 Å². The summed E-state index contributed by atoms with van der Waals surface area (Å²) in [5.41, 5.74) is 4.33. The molecule has 0 aromatic heterocycles. The van der Waals surface area contributed by atoms with Crippen molar-refractivity contribution in [2.45, 2.75) is 24.8 Å². The molecule has 21 heavy (non-hydrogen) atoms. The fourth-order valence-corrected chi connectivity index (χ4v) is 3.33. The molecule has 0 unspecified atom stereocenters. The second kappa shape index (κ2) is 6.83. The van der Waals surface area contributed by atoms with Gasteiger partial charge in [-0.25, -0.2) is 0 Å². The van der Waals surface area contributed by atoms with Gasteiger partial charge >= 0.3 is 0 Å². The van der Waals surface area contributed by atoms with Crippen molar-refractivity contribution in [2.75, 3.05) is 14.1 Å². The molecule has 1 aliphatic rings. The lowest BCUT2D eigenvalue weighted by Gasteiger charge is -2.35. The Bertz CT molecular complexity index is 592. The van der Waals surface area contributed by atoms with Crippen LogP contribution in [0.2, 0.25) is 5.02 Å². The largest absolute Gasteiger partial charge is 0.306 e. The summed E-state index contributed by atoms with van der Waals surface area (Å²) >= 11 is 6.02. The summed E-state index contributed by atoms with van der Waals surface area (Å²) in [6, 6.07) is 17.8. The van der Waals surface area contributed by atoms with E-state index in [0.717, 1.165) is 11.4 Å². The number of hydrogen-bond acceptors (Lipinski definition) is 1. The molecule has 2 aromatic carbocycles. The zero-order valence-electron chi connectivity index (χ0n) is 12.4. The van der Waals surface area contributed by atoms with Crippen molar-refractivity contribution < 1.29 is 0 Å². The Hall–Kier alpha value is -1.02. The molecule has 3 heteroatoms. The molecule has 0 saturated heterocycles. The number of benzene rings is 2. The van der Waals surface area contributed by atoms with Crippen LogP contribution in [-0.2, 0) is 6.42 Å². The first-order chi connectivity index (χ1) is 9.65. The van der Waals surface area contributed by atoms with E-state index in [-0.39, 0.29) is 12.4 Å². The van der Waals surface area contributed by atoms with E-state index < -0.39 is 0 Å². The minimum absolute atomic E-state index is 0. The topological polar surface area (TPSA) is 3.24 Å². The Kier molecular flexibility index (Phi) is 5.32. The minimum atomic E-state index is 0. The third-order valence-electron chi connectivity index (χ3n) is 4.40. The first-order valence-corrected chi connectivity index (χ1v) is 7.52. The zero-order chi connectivity index (χ0) is 14.1. The first-order valence-electron chi connectivity index (χ1n) is 7.15. The van der Waals surface area contributed by atoms with Gasteiger partial charge in [-0.15, -0.1) is 12.4 Å². The summed E-state index contributed by atoms with van der Waals surface area (Å²) in [4.78, 5) is 2.35. The normalized spacial score (nSPS) is 20.8. The fraction of sp³-hybridized carbons (Fsp3) is 0.333. The molecule has 0 radical (unpaired) electrons. The van der Waals surface area contributed by atoms with Crippen LogP contribution < -0.4 is 0 Å². The maximum atomic E-state index is 6.02. The monoisotopic (exact) mass is 321 g/mol. The number of fused-ring (bicyclic) bond motifs is 1. The van der Waals surface area contributed by atoms with Gasteiger partial charge < -0.3 is 4.90 Å². The van der Waals surface area contributed by atoms with Crippen LogP contribution >= 0.6 is 24.0 Å². The van der Waals surface area contributed by atoms with Gasteiger partial charge in [0.15, 0.2) is 0 Å². The molecule has 3 rings (SSSR count). The second-order valence-electron chi connectivity index (χ2n) is 5.86. The highest BCUT2D eigenvalue weighted by Crippen LogP contribution is 2.38. The average Bonchev–Trinajstić information content (AvgIpc) is 2.47. The van der Waals surface area contributed by atoms with Crippen LogP contribution in [0.25, 0.3) is 0 Å². The molecule has 0 heterocycles. The van der Waals surface area contributed by atoms with Crippen LogP contribution in [-0.4, -0.2) is 25.0 Å². The number of halogens is 2. The van der Waals surface area contributed by atoms with Gasteiger partial charge in [-0.2, -0.15) is 0 Å². The van der Waals surface area contributed by atoms with Crippen LogP contribution in [0.5, 0.6) is 0 Å². The van der Waals surface area contributed by atoms with Crippen molar-refractivity contribution in [3.05, 3.63) is 70.2 Å². The molecule has 0 aliphatic heterocycles. The first kappa shape index (κ1) is 16.4. The quantitative estimate of drug-likeness (QED) is 0.770. The third-order valence-corrected chi connectivity index (χ3v) is 4.65. The van der Waals surface area contributed by atoms with Crippen LogP contribution in [0.4, 0.5) is 0 Å². The molecule has 0 bridgehead atoms. The Balaban J connectivity index is 0.00000161. The molecule has 1 aliphatic carbocycles. The maximum Gasteiger partial charge on any atom is 0.0406 e. The van der Waals surface area contributed by atoms with Crippen molar-refractivity contribution in [3.63, 3.8) is 0 Å².